The summed E-state index contributed by atoms with van der Waals surface area (Å²) in [6.45, 7) is 15.4. The molecule has 0 unspecified atom stereocenters. The first-order valence-electron chi connectivity index (χ1n) is 11.2. The molecule has 2 aromatic rings. The van der Waals surface area contributed by atoms with Crippen LogP contribution in [0.2, 0.25) is 0 Å². The van der Waals surface area contributed by atoms with Gasteiger partial charge < -0.3 is 0 Å². The van der Waals surface area contributed by atoms with E-state index < -0.39 is 0 Å². The summed E-state index contributed by atoms with van der Waals surface area (Å²) in [5.74, 6) is 1.28. The Hall–Kier alpha value is -2.67. The Morgan fingerprint density at radius 1 is 0.867 bits per heavy atom. The predicted octanol–water partition coefficient (Wildman–Crippen LogP) is 7.69. The molecular formula is C26H34N4. The first-order valence-corrected chi connectivity index (χ1v) is 11.2. The summed E-state index contributed by atoms with van der Waals surface area (Å²) in [6.07, 6.45) is 2.32. The fourth-order valence-electron chi connectivity index (χ4n) is 4.06. The van der Waals surface area contributed by atoms with Crippen molar-refractivity contribution in [2.75, 3.05) is 13.1 Å². The second-order valence-corrected chi connectivity index (χ2v) is 9.23. The average Bonchev–Trinajstić information content (AvgIpc) is 3.24. The summed E-state index contributed by atoms with van der Waals surface area (Å²) in [5, 5.41) is 20.5. The van der Waals surface area contributed by atoms with Gasteiger partial charge in [-0.1, -0.05) is 65.0 Å². The highest BCUT2D eigenvalue weighted by molar-refractivity contribution is 5.76. The first-order chi connectivity index (χ1) is 14.3. The molecule has 4 heteroatoms. The van der Waals surface area contributed by atoms with Crippen LogP contribution in [0.4, 0.5) is 5.69 Å². The van der Waals surface area contributed by atoms with Crippen molar-refractivity contribution in [1.82, 2.24) is 5.01 Å². The highest BCUT2D eigenvalue weighted by atomic mass is 15.5. The third-order valence-corrected chi connectivity index (χ3v) is 5.90. The molecule has 1 heterocycles. The second kappa shape index (κ2) is 9.43. The van der Waals surface area contributed by atoms with Crippen molar-refractivity contribution < 1.29 is 0 Å². The summed E-state index contributed by atoms with van der Waals surface area (Å²) < 4.78 is 0. The Bertz CT molecular complexity index is 928. The molecule has 0 aliphatic carbocycles. The molecule has 1 aliphatic heterocycles. The van der Waals surface area contributed by atoms with Crippen molar-refractivity contribution in [3.05, 3.63) is 52.6 Å². The third kappa shape index (κ3) is 4.73. The number of benzene rings is 2. The van der Waals surface area contributed by atoms with E-state index in [1.165, 1.54) is 22.3 Å². The Balaban J connectivity index is 2.11. The van der Waals surface area contributed by atoms with E-state index in [4.69, 9.17) is 0 Å². The van der Waals surface area contributed by atoms with E-state index >= 15 is 0 Å². The lowest BCUT2D eigenvalue weighted by Gasteiger charge is -2.23. The smallest absolute Gasteiger partial charge is 0.105 e. The van der Waals surface area contributed by atoms with Crippen LogP contribution in [0.15, 0.2) is 40.7 Å². The van der Waals surface area contributed by atoms with Gasteiger partial charge in [-0.2, -0.15) is 5.26 Å². The highest BCUT2D eigenvalue weighted by Crippen LogP contribution is 2.40. The molecule has 0 spiro atoms. The first kappa shape index (κ1) is 22.0. The van der Waals surface area contributed by atoms with Crippen LogP contribution >= 0.6 is 0 Å². The fraction of sp³-hybridized carbons (Fsp3) is 0.500. The number of hydrogen-bond acceptors (Lipinski definition) is 3. The van der Waals surface area contributed by atoms with Crippen LogP contribution < -0.4 is 0 Å². The highest BCUT2D eigenvalue weighted by Gasteiger charge is 2.19. The van der Waals surface area contributed by atoms with Crippen LogP contribution in [0.3, 0.4) is 0 Å². The van der Waals surface area contributed by atoms with Crippen LogP contribution in [0, 0.1) is 11.3 Å². The minimum absolute atomic E-state index is 0.399. The fourth-order valence-corrected chi connectivity index (χ4v) is 4.06. The van der Waals surface area contributed by atoms with Crippen LogP contribution in [0.25, 0.3) is 11.1 Å². The predicted molar refractivity (Wildman–Crippen MR) is 124 cm³/mol. The maximum atomic E-state index is 9.79. The van der Waals surface area contributed by atoms with Gasteiger partial charge in [0.25, 0.3) is 0 Å². The van der Waals surface area contributed by atoms with Crippen LogP contribution in [0.1, 0.15) is 94.4 Å². The van der Waals surface area contributed by atoms with Crippen molar-refractivity contribution >= 4 is 5.69 Å². The van der Waals surface area contributed by atoms with E-state index in [1.54, 1.807) is 0 Å². The summed E-state index contributed by atoms with van der Waals surface area (Å²) in [6, 6.07) is 13.1. The van der Waals surface area contributed by atoms with Crippen LogP contribution in [-0.2, 0) is 0 Å². The molecule has 30 heavy (non-hydrogen) atoms. The minimum atomic E-state index is 0.399. The zero-order chi connectivity index (χ0) is 21.8. The molecule has 0 bridgehead atoms. The van der Waals surface area contributed by atoms with Crippen molar-refractivity contribution in [2.24, 2.45) is 10.3 Å². The molecule has 158 valence electrons. The molecule has 0 atom stereocenters. The molecule has 3 rings (SSSR count). The largest absolute Gasteiger partial charge is 0.278 e. The third-order valence-electron chi connectivity index (χ3n) is 5.90. The molecule has 0 aromatic heterocycles. The van der Waals surface area contributed by atoms with E-state index in [0.29, 0.717) is 29.0 Å². The maximum absolute atomic E-state index is 9.79. The number of nitriles is 1. The molecule has 0 saturated carbocycles. The molecule has 4 nitrogen and oxygen atoms in total. The summed E-state index contributed by atoms with van der Waals surface area (Å²) in [5.41, 5.74) is 7.65. The van der Waals surface area contributed by atoms with Crippen molar-refractivity contribution in [3.8, 4) is 17.2 Å². The lowest BCUT2D eigenvalue weighted by molar-refractivity contribution is 0.336. The average molecular weight is 403 g/mol. The van der Waals surface area contributed by atoms with Crippen molar-refractivity contribution in [2.45, 2.75) is 72.1 Å². The lowest BCUT2D eigenvalue weighted by Crippen LogP contribution is -2.09. The number of hydrogen-bond donors (Lipinski definition) is 0. The van der Waals surface area contributed by atoms with Gasteiger partial charge in [0.15, 0.2) is 0 Å². The molecule has 1 aliphatic rings. The lowest BCUT2D eigenvalue weighted by atomic mass is 9.81. The molecular weight excluding hydrogens is 368 g/mol. The Morgan fingerprint density at radius 2 is 1.47 bits per heavy atom. The van der Waals surface area contributed by atoms with Gasteiger partial charge in [0.2, 0.25) is 0 Å². The standard InChI is InChI=1S/C26H34N4/c1-17(2)21-14-23(18(3)4)26(24(15-21)19(5)6)20-9-10-25(22(13-20)16-27)28-29-30-11-7-8-12-30/h9-10,13-15,17-19H,7-8,11-12H2,1-6H3. The Kier molecular flexibility index (Phi) is 6.92. The summed E-state index contributed by atoms with van der Waals surface area (Å²) in [4.78, 5) is 0. The SMILES string of the molecule is CC(C)c1cc(C(C)C)c(-c2ccc(N=NN3CCCC3)c(C#N)c2)c(C(C)C)c1. The van der Waals surface area contributed by atoms with E-state index in [9.17, 15) is 5.26 Å². The second-order valence-electron chi connectivity index (χ2n) is 9.23. The van der Waals surface area contributed by atoms with Gasteiger partial charge in [0, 0.05) is 13.1 Å². The number of rotatable bonds is 6. The van der Waals surface area contributed by atoms with Gasteiger partial charge in [-0.25, -0.2) is 0 Å². The summed E-state index contributed by atoms with van der Waals surface area (Å²) >= 11 is 0. The molecule has 0 amide bonds. The maximum Gasteiger partial charge on any atom is 0.105 e. The quantitative estimate of drug-likeness (QED) is 0.465. The van der Waals surface area contributed by atoms with Gasteiger partial charge in [0.1, 0.15) is 11.8 Å². The van der Waals surface area contributed by atoms with Gasteiger partial charge in [-0.05, 0) is 70.5 Å². The molecule has 2 aromatic carbocycles. The van der Waals surface area contributed by atoms with Crippen molar-refractivity contribution in [1.29, 1.82) is 5.26 Å². The minimum Gasteiger partial charge on any atom is -0.278 e. The normalized spacial score (nSPS) is 14.5. The van der Waals surface area contributed by atoms with Gasteiger partial charge in [-0.15, -0.1) is 5.11 Å². The van der Waals surface area contributed by atoms with Crippen LogP contribution in [-0.4, -0.2) is 18.1 Å². The Morgan fingerprint density at radius 3 is 1.97 bits per heavy atom. The van der Waals surface area contributed by atoms with Crippen LogP contribution in [0.5, 0.6) is 0 Å². The zero-order valence-corrected chi connectivity index (χ0v) is 19.2. The van der Waals surface area contributed by atoms with Crippen molar-refractivity contribution in [3.63, 3.8) is 0 Å². The summed E-state index contributed by atoms with van der Waals surface area (Å²) in [7, 11) is 0. The van der Waals surface area contributed by atoms with E-state index in [2.05, 4.69) is 76.1 Å². The Labute approximate surface area is 181 Å². The zero-order valence-electron chi connectivity index (χ0n) is 19.2. The monoisotopic (exact) mass is 402 g/mol. The van der Waals surface area contributed by atoms with Gasteiger partial charge in [-0.3, -0.25) is 5.01 Å². The topological polar surface area (TPSA) is 51.8 Å². The van der Waals surface area contributed by atoms with Gasteiger partial charge >= 0.3 is 0 Å². The molecule has 1 fully saturated rings. The van der Waals surface area contributed by atoms with E-state index in [-0.39, 0.29) is 0 Å². The van der Waals surface area contributed by atoms with E-state index in [1.807, 2.05) is 17.1 Å². The van der Waals surface area contributed by atoms with Gasteiger partial charge in [0.05, 0.1) is 5.56 Å². The molecule has 1 saturated heterocycles. The molecule has 0 radical (unpaired) electrons. The van der Waals surface area contributed by atoms with E-state index in [0.717, 1.165) is 31.5 Å². The molecule has 0 N–H and O–H groups in total. The number of nitrogens with zero attached hydrogens (tertiary/aromatic N) is 4.